The minimum Gasteiger partial charge on any atom is -0.465 e. The van der Waals surface area contributed by atoms with Crippen molar-refractivity contribution in [3.63, 3.8) is 0 Å². The fourth-order valence-electron chi connectivity index (χ4n) is 5.06. The molecule has 1 fully saturated rings. The van der Waals surface area contributed by atoms with Crippen LogP contribution >= 0.6 is 0 Å². The number of anilines is 1. The molecule has 4 rings (SSSR count). The quantitative estimate of drug-likeness (QED) is 0.235. The summed E-state index contributed by atoms with van der Waals surface area (Å²) < 4.78 is 101. The van der Waals surface area contributed by atoms with Gasteiger partial charge in [0.15, 0.2) is 0 Å². The summed E-state index contributed by atoms with van der Waals surface area (Å²) in [5.41, 5.74) is 0.336. The number of hydrogen-bond donors (Lipinski definition) is 3. The van der Waals surface area contributed by atoms with Crippen molar-refractivity contribution in [2.24, 2.45) is 0 Å². The molecular formula is C30H29F7N4O4. The molecule has 1 aliphatic heterocycles. The lowest BCUT2D eigenvalue weighted by Gasteiger charge is -2.33. The smallest absolute Gasteiger partial charge is 0.407 e. The Morgan fingerprint density at radius 2 is 1.76 bits per heavy atom. The van der Waals surface area contributed by atoms with Gasteiger partial charge >= 0.3 is 12.3 Å². The van der Waals surface area contributed by atoms with E-state index in [1.165, 1.54) is 18.3 Å². The molecule has 0 unspecified atom stereocenters. The molecule has 3 atom stereocenters. The van der Waals surface area contributed by atoms with Gasteiger partial charge < -0.3 is 20.5 Å². The average Bonchev–Trinajstić information content (AvgIpc) is 2.97. The zero-order valence-corrected chi connectivity index (χ0v) is 23.6. The minimum atomic E-state index is -4.70. The van der Waals surface area contributed by atoms with Crippen LogP contribution in [0.15, 0.2) is 54.9 Å². The Bertz CT molecular complexity index is 1480. The lowest BCUT2D eigenvalue weighted by molar-refractivity contribution is -0.143. The Hall–Kier alpha value is -4.24. The topological polar surface area (TPSA) is 104 Å². The van der Waals surface area contributed by atoms with Gasteiger partial charge in [-0.15, -0.1) is 0 Å². The van der Waals surface area contributed by atoms with Crippen LogP contribution in [0.25, 0.3) is 0 Å². The van der Waals surface area contributed by atoms with Crippen LogP contribution in [0.5, 0.6) is 0 Å². The third-order valence-electron chi connectivity index (χ3n) is 7.24. The molecule has 0 spiro atoms. The summed E-state index contributed by atoms with van der Waals surface area (Å²) in [7, 11) is 0. The SMILES string of the molecule is O=C(C[C@@H](c1ccc(F)cc1)c1cc(F)ccc1F)Nc1cncc(F)c1CC[C@@H]1CN[C@@H](CN(CC(F)(F)F)C(=O)O)CO1. The molecule has 2 heterocycles. The van der Waals surface area contributed by atoms with Crippen molar-refractivity contribution in [1.29, 1.82) is 0 Å². The molecule has 1 saturated heterocycles. The molecule has 242 valence electrons. The van der Waals surface area contributed by atoms with Crippen LogP contribution in [0.2, 0.25) is 0 Å². The van der Waals surface area contributed by atoms with Gasteiger partial charge in [-0.25, -0.2) is 22.4 Å². The van der Waals surface area contributed by atoms with Gasteiger partial charge in [0, 0.05) is 37.0 Å². The molecule has 2 amide bonds. The molecule has 0 radical (unpaired) electrons. The molecule has 8 nitrogen and oxygen atoms in total. The molecule has 1 aromatic heterocycles. The third-order valence-corrected chi connectivity index (χ3v) is 7.24. The van der Waals surface area contributed by atoms with E-state index in [4.69, 9.17) is 9.84 Å². The van der Waals surface area contributed by atoms with Crippen LogP contribution in [0.1, 0.15) is 35.4 Å². The molecule has 0 bridgehead atoms. The number of ether oxygens (including phenoxy) is 1. The lowest BCUT2D eigenvalue weighted by atomic mass is 9.87. The van der Waals surface area contributed by atoms with E-state index in [1.807, 2.05) is 0 Å². The van der Waals surface area contributed by atoms with E-state index in [0.29, 0.717) is 5.56 Å². The number of nitrogens with one attached hydrogen (secondary N) is 2. The predicted octanol–water partition coefficient (Wildman–Crippen LogP) is 5.63. The Labute approximate surface area is 253 Å². The molecule has 45 heavy (non-hydrogen) atoms. The fourth-order valence-corrected chi connectivity index (χ4v) is 5.06. The van der Waals surface area contributed by atoms with Crippen molar-refractivity contribution >= 4 is 17.7 Å². The standard InChI is InChI=1S/C30H29F7N4O4/c31-18-3-1-17(2-4-18)23(24-9-19(32)5-8-25(24)33)10-28(42)40-27-13-38-12-26(34)22(27)7-6-21-11-39-20(15-45-21)14-41(29(43)44)16-30(35,36)37/h1-5,8-9,12-13,20-21,23,39H,6-7,10-11,14-16H2,(H,40,42)(H,43,44)/t20-,21+,23-/m0/s1. The first-order chi connectivity index (χ1) is 21.3. The number of hydrogen-bond acceptors (Lipinski definition) is 5. The fraction of sp³-hybridized carbons (Fsp3) is 0.367. The Kier molecular flexibility index (Phi) is 11.0. The van der Waals surface area contributed by atoms with E-state index in [0.717, 1.165) is 36.5 Å². The zero-order chi connectivity index (χ0) is 32.7. The first-order valence-electron chi connectivity index (χ1n) is 13.8. The third kappa shape index (κ3) is 9.62. The van der Waals surface area contributed by atoms with E-state index in [1.54, 1.807) is 0 Å². The van der Waals surface area contributed by atoms with E-state index in [2.05, 4.69) is 15.6 Å². The van der Waals surface area contributed by atoms with Gasteiger partial charge in [-0.2, -0.15) is 13.2 Å². The van der Waals surface area contributed by atoms with Crippen LogP contribution in [0.4, 0.5) is 41.2 Å². The van der Waals surface area contributed by atoms with E-state index < -0.39 is 79.0 Å². The highest BCUT2D eigenvalue weighted by Gasteiger charge is 2.35. The number of amides is 2. The first-order valence-corrected chi connectivity index (χ1v) is 13.8. The molecule has 2 aromatic carbocycles. The molecule has 0 saturated carbocycles. The number of alkyl halides is 3. The summed E-state index contributed by atoms with van der Waals surface area (Å²) in [6, 6.07) is 7.06. The number of benzene rings is 2. The second kappa shape index (κ2) is 14.7. The number of rotatable bonds is 11. The Morgan fingerprint density at radius 3 is 2.40 bits per heavy atom. The van der Waals surface area contributed by atoms with Crippen LogP contribution in [-0.2, 0) is 16.0 Å². The summed E-state index contributed by atoms with van der Waals surface area (Å²) >= 11 is 0. The maximum Gasteiger partial charge on any atom is 0.407 e. The summed E-state index contributed by atoms with van der Waals surface area (Å²) in [5.74, 6) is -4.48. The van der Waals surface area contributed by atoms with E-state index in [-0.39, 0.29) is 47.7 Å². The van der Waals surface area contributed by atoms with Gasteiger partial charge in [0.25, 0.3) is 0 Å². The van der Waals surface area contributed by atoms with Crippen molar-refractivity contribution in [1.82, 2.24) is 15.2 Å². The van der Waals surface area contributed by atoms with Crippen LogP contribution < -0.4 is 10.6 Å². The monoisotopic (exact) mass is 642 g/mol. The Morgan fingerprint density at radius 1 is 1.04 bits per heavy atom. The van der Waals surface area contributed by atoms with Gasteiger partial charge in [0.2, 0.25) is 5.91 Å². The maximum atomic E-state index is 14.8. The van der Waals surface area contributed by atoms with Gasteiger partial charge in [-0.3, -0.25) is 14.7 Å². The van der Waals surface area contributed by atoms with Crippen LogP contribution in [0.3, 0.4) is 0 Å². The van der Waals surface area contributed by atoms with Gasteiger partial charge in [-0.05, 0) is 54.3 Å². The average molecular weight is 643 g/mol. The number of carboxylic acid groups (broad SMARTS) is 1. The number of morpholine rings is 1. The second-order valence-electron chi connectivity index (χ2n) is 10.5. The summed E-state index contributed by atoms with van der Waals surface area (Å²) in [6.45, 7) is -2.01. The molecule has 3 N–H and O–H groups in total. The van der Waals surface area contributed by atoms with E-state index in [9.17, 15) is 40.3 Å². The van der Waals surface area contributed by atoms with Crippen LogP contribution in [-0.4, -0.2) is 71.6 Å². The summed E-state index contributed by atoms with van der Waals surface area (Å²) in [6.07, 6.45) is -4.87. The van der Waals surface area contributed by atoms with Gasteiger partial charge in [0.1, 0.15) is 29.8 Å². The molecular weight excluding hydrogens is 613 g/mol. The van der Waals surface area contributed by atoms with E-state index >= 15 is 0 Å². The van der Waals surface area contributed by atoms with Gasteiger partial charge in [-0.1, -0.05) is 12.1 Å². The molecule has 0 aliphatic carbocycles. The maximum absolute atomic E-state index is 14.8. The zero-order valence-electron chi connectivity index (χ0n) is 23.6. The molecule has 15 heteroatoms. The predicted molar refractivity (Wildman–Crippen MR) is 148 cm³/mol. The van der Waals surface area contributed by atoms with Gasteiger partial charge in [0.05, 0.1) is 30.8 Å². The summed E-state index contributed by atoms with van der Waals surface area (Å²) in [4.78, 5) is 28.4. The van der Waals surface area contributed by atoms with Crippen LogP contribution in [0, 0.1) is 23.3 Å². The molecule has 1 aliphatic rings. The van der Waals surface area contributed by atoms with Crippen molar-refractivity contribution in [3.8, 4) is 0 Å². The van der Waals surface area contributed by atoms with Crippen molar-refractivity contribution in [2.45, 2.75) is 43.5 Å². The largest absolute Gasteiger partial charge is 0.465 e. The molecule has 3 aromatic rings. The lowest BCUT2D eigenvalue weighted by Crippen LogP contribution is -2.53. The minimum absolute atomic E-state index is 0.0310. The normalized spacial score (nSPS) is 17.5. The van der Waals surface area contributed by atoms with Crippen molar-refractivity contribution in [2.75, 3.05) is 31.6 Å². The highest BCUT2D eigenvalue weighted by Crippen LogP contribution is 2.32. The van der Waals surface area contributed by atoms with Crippen molar-refractivity contribution in [3.05, 3.63) is 94.8 Å². The highest BCUT2D eigenvalue weighted by molar-refractivity contribution is 5.92. The summed E-state index contributed by atoms with van der Waals surface area (Å²) in [5, 5.41) is 14.6. The number of carbonyl (C=O) groups excluding carboxylic acids is 1. The number of pyridine rings is 1. The number of aromatic nitrogens is 1. The number of nitrogens with zero attached hydrogens (tertiary/aromatic N) is 2. The number of carbonyl (C=O) groups is 2. The second-order valence-corrected chi connectivity index (χ2v) is 10.5. The highest BCUT2D eigenvalue weighted by atomic mass is 19.4. The van der Waals surface area contributed by atoms with Crippen molar-refractivity contribution < 1.29 is 50.2 Å². The first kappa shape index (κ1) is 33.6. The Balaban J connectivity index is 1.40. The number of halogens is 7.